The molecule has 170 valence electrons. The summed E-state index contributed by atoms with van der Waals surface area (Å²) in [7, 11) is 0. The molecule has 1 aromatic carbocycles. The molecule has 0 saturated carbocycles. The second kappa shape index (κ2) is 10.1. The first-order valence-electron chi connectivity index (χ1n) is 11.5. The molecule has 5 heteroatoms. The summed E-state index contributed by atoms with van der Waals surface area (Å²) in [6.07, 6.45) is 9.98. The van der Waals surface area contributed by atoms with E-state index in [4.69, 9.17) is 5.11 Å². The van der Waals surface area contributed by atoms with Crippen molar-refractivity contribution in [2.45, 2.75) is 94.6 Å². The fraction of sp³-hybridized carbons (Fsp3) is 0.519. The number of aliphatic carboxylic acids is 1. The van der Waals surface area contributed by atoms with Crippen LogP contribution in [0, 0.1) is 11.8 Å². The van der Waals surface area contributed by atoms with Crippen molar-refractivity contribution in [3.8, 4) is 11.8 Å². The van der Waals surface area contributed by atoms with Gasteiger partial charge >= 0.3 is 5.97 Å². The van der Waals surface area contributed by atoms with Gasteiger partial charge in [0.05, 0.1) is 24.5 Å². The summed E-state index contributed by atoms with van der Waals surface area (Å²) < 4.78 is 0.219. The van der Waals surface area contributed by atoms with Crippen LogP contribution in [0.1, 0.15) is 94.8 Å². The van der Waals surface area contributed by atoms with E-state index in [1.54, 1.807) is 6.20 Å². The summed E-state index contributed by atoms with van der Waals surface area (Å²) in [6.45, 7) is 11.6. The molecule has 0 spiro atoms. The fourth-order valence-electron chi connectivity index (χ4n) is 4.59. The lowest BCUT2D eigenvalue weighted by atomic mass is 9.76. The van der Waals surface area contributed by atoms with Gasteiger partial charge in [-0.1, -0.05) is 59.8 Å². The number of aromatic nitrogens is 2. The van der Waals surface area contributed by atoms with Crippen molar-refractivity contribution in [1.29, 1.82) is 0 Å². The molecule has 0 radical (unpaired) electrons. The first-order valence-corrected chi connectivity index (χ1v) is 12.3. The highest BCUT2D eigenvalue weighted by atomic mass is 32.2. The first-order chi connectivity index (χ1) is 15.1. The van der Waals surface area contributed by atoms with Crippen LogP contribution in [-0.2, 0) is 23.1 Å². The Kier molecular flexibility index (Phi) is 7.67. The van der Waals surface area contributed by atoms with Gasteiger partial charge in [0, 0.05) is 15.2 Å². The van der Waals surface area contributed by atoms with Crippen molar-refractivity contribution in [2.24, 2.45) is 0 Å². The molecular formula is C27H34N2O2S. The first kappa shape index (κ1) is 24.3. The van der Waals surface area contributed by atoms with Crippen molar-refractivity contribution in [3.05, 3.63) is 52.6 Å². The third-order valence-corrected chi connectivity index (χ3v) is 7.11. The predicted molar refractivity (Wildman–Crippen MR) is 131 cm³/mol. The number of hydrogen-bond donors (Lipinski definition) is 1. The summed E-state index contributed by atoms with van der Waals surface area (Å²) in [5, 5.41) is 8.90. The van der Waals surface area contributed by atoms with Crippen molar-refractivity contribution in [1.82, 2.24) is 9.97 Å². The van der Waals surface area contributed by atoms with Crippen LogP contribution in [0.4, 0.5) is 0 Å². The quantitative estimate of drug-likeness (QED) is 0.403. The van der Waals surface area contributed by atoms with Gasteiger partial charge in [0.1, 0.15) is 5.69 Å². The molecule has 0 amide bonds. The van der Waals surface area contributed by atoms with E-state index in [9.17, 15) is 4.79 Å². The largest absolute Gasteiger partial charge is 0.481 e. The summed E-state index contributed by atoms with van der Waals surface area (Å²) in [4.78, 5) is 20.7. The van der Waals surface area contributed by atoms with E-state index in [1.165, 1.54) is 47.9 Å². The maximum absolute atomic E-state index is 10.8. The summed E-state index contributed by atoms with van der Waals surface area (Å²) in [6, 6.07) is 4.67. The molecular weight excluding hydrogens is 416 g/mol. The van der Waals surface area contributed by atoms with Gasteiger partial charge in [-0.05, 0) is 53.9 Å². The maximum atomic E-state index is 10.8. The number of thioether (sulfide) groups is 1. The van der Waals surface area contributed by atoms with E-state index in [0.29, 0.717) is 11.4 Å². The maximum Gasteiger partial charge on any atom is 0.309 e. The molecule has 1 aliphatic rings. The third kappa shape index (κ3) is 6.36. The number of carboxylic acids is 1. The molecule has 0 atom stereocenters. The minimum atomic E-state index is -0.913. The normalized spacial score (nSPS) is 16.0. The van der Waals surface area contributed by atoms with Crippen LogP contribution in [0.3, 0.4) is 0 Å². The Hall–Kier alpha value is -2.32. The van der Waals surface area contributed by atoms with Crippen LogP contribution in [0.2, 0.25) is 0 Å². The number of rotatable bonds is 7. The Morgan fingerprint density at radius 2 is 1.88 bits per heavy atom. The topological polar surface area (TPSA) is 63.1 Å². The number of carboxylic acid groups (broad SMARTS) is 1. The van der Waals surface area contributed by atoms with Crippen molar-refractivity contribution < 1.29 is 9.90 Å². The monoisotopic (exact) mass is 450 g/mol. The van der Waals surface area contributed by atoms with E-state index in [-0.39, 0.29) is 16.6 Å². The summed E-state index contributed by atoms with van der Waals surface area (Å²) >= 11 is 1.99. The van der Waals surface area contributed by atoms with E-state index in [2.05, 4.69) is 68.6 Å². The van der Waals surface area contributed by atoms with E-state index in [0.717, 1.165) is 18.4 Å². The van der Waals surface area contributed by atoms with E-state index >= 15 is 0 Å². The van der Waals surface area contributed by atoms with Gasteiger partial charge in [0.2, 0.25) is 0 Å². The minimum Gasteiger partial charge on any atom is -0.481 e. The molecule has 2 heterocycles. The Morgan fingerprint density at radius 3 is 2.53 bits per heavy atom. The second-order valence-corrected chi connectivity index (χ2v) is 11.7. The molecule has 0 bridgehead atoms. The van der Waals surface area contributed by atoms with Crippen molar-refractivity contribution in [2.75, 3.05) is 0 Å². The lowest BCUT2D eigenvalue weighted by Crippen LogP contribution is -2.33. The van der Waals surface area contributed by atoms with Crippen molar-refractivity contribution >= 4 is 17.7 Å². The van der Waals surface area contributed by atoms with Crippen molar-refractivity contribution in [3.63, 3.8) is 0 Å². The zero-order chi connectivity index (χ0) is 23.4. The minimum absolute atomic E-state index is 0.0968. The Morgan fingerprint density at radius 1 is 1.09 bits per heavy atom. The third-order valence-electron chi connectivity index (χ3n) is 5.85. The number of aryl methyl sites for hydroxylation is 1. The summed E-state index contributed by atoms with van der Waals surface area (Å²) in [5.41, 5.74) is 4.86. The zero-order valence-electron chi connectivity index (χ0n) is 19.9. The lowest BCUT2D eigenvalue weighted by molar-refractivity contribution is -0.136. The number of fused-ring (bicyclic) bond motifs is 1. The van der Waals surface area contributed by atoms with Gasteiger partial charge < -0.3 is 5.11 Å². The molecule has 0 saturated heterocycles. The number of unbranched alkanes of at least 4 members (excludes halogenated alkanes) is 3. The van der Waals surface area contributed by atoms with E-state index < -0.39 is 5.97 Å². The van der Waals surface area contributed by atoms with Crippen LogP contribution in [0.5, 0.6) is 0 Å². The standard InChI is InChI=1S/C27H34N2O2S/c1-6-7-8-9-10-19-14-24-23(26(2,3)18-27(4,5)32-24)13-20(19)11-12-21-16-29-22(17-28-21)15-25(30)31/h13-14,16-17H,6-10,15,18H2,1-5H3,(H,30,31). The van der Waals surface area contributed by atoms with Gasteiger partial charge in [0.25, 0.3) is 0 Å². The highest BCUT2D eigenvalue weighted by Crippen LogP contribution is 2.51. The number of hydrogen-bond acceptors (Lipinski definition) is 4. The number of carbonyl (C=O) groups is 1. The molecule has 0 unspecified atom stereocenters. The number of nitrogens with zero attached hydrogens (tertiary/aromatic N) is 2. The number of benzene rings is 1. The summed E-state index contributed by atoms with van der Waals surface area (Å²) in [5.74, 6) is 5.60. The fourth-order valence-corrected chi connectivity index (χ4v) is 6.27. The van der Waals surface area contributed by atoms with Crippen LogP contribution in [-0.4, -0.2) is 25.8 Å². The zero-order valence-corrected chi connectivity index (χ0v) is 20.7. The molecule has 1 aromatic heterocycles. The average Bonchev–Trinajstić information content (AvgIpc) is 2.69. The molecule has 0 aliphatic carbocycles. The van der Waals surface area contributed by atoms with Gasteiger partial charge in [0.15, 0.2) is 0 Å². The molecule has 0 fully saturated rings. The van der Waals surface area contributed by atoms with Crippen LogP contribution in [0.25, 0.3) is 0 Å². The van der Waals surface area contributed by atoms with Crippen LogP contribution in [0.15, 0.2) is 29.4 Å². The molecule has 2 aromatic rings. The molecule has 1 N–H and O–H groups in total. The average molecular weight is 451 g/mol. The lowest BCUT2D eigenvalue weighted by Gasteiger charge is -2.42. The molecule has 3 rings (SSSR count). The Bertz CT molecular complexity index is 1030. The highest BCUT2D eigenvalue weighted by Gasteiger charge is 2.38. The van der Waals surface area contributed by atoms with Gasteiger partial charge in [-0.15, -0.1) is 11.8 Å². The Labute approximate surface area is 196 Å². The van der Waals surface area contributed by atoms with Crippen LogP contribution < -0.4 is 0 Å². The van der Waals surface area contributed by atoms with Gasteiger partial charge in [-0.2, -0.15) is 0 Å². The van der Waals surface area contributed by atoms with Gasteiger partial charge in [-0.3, -0.25) is 9.78 Å². The van der Waals surface area contributed by atoms with E-state index in [1.807, 2.05) is 11.8 Å². The molecule has 32 heavy (non-hydrogen) atoms. The molecule has 4 nitrogen and oxygen atoms in total. The molecule has 1 aliphatic heterocycles. The predicted octanol–water partition coefficient (Wildman–Crippen LogP) is 6.18. The smallest absolute Gasteiger partial charge is 0.309 e. The highest BCUT2D eigenvalue weighted by molar-refractivity contribution is 8.00. The SMILES string of the molecule is CCCCCCc1cc2c(cc1C#Cc1cnc(CC(=O)O)cn1)C(C)(C)CC(C)(C)S2. The van der Waals surface area contributed by atoms with Gasteiger partial charge in [-0.25, -0.2) is 4.98 Å². The Balaban J connectivity index is 1.95. The van der Waals surface area contributed by atoms with Crippen LogP contribution >= 0.6 is 11.8 Å². The second-order valence-electron chi connectivity index (χ2n) is 9.95.